The number of carbonyl (C=O) groups is 3. The monoisotopic (exact) mass is 340 g/mol. The largest absolute Gasteiger partial charge is 0.481 e. The lowest BCUT2D eigenvalue weighted by Crippen LogP contribution is -2.49. The second-order valence-corrected chi connectivity index (χ2v) is 8.25. The molecule has 0 bridgehead atoms. The SMILES string of the molecule is CC(C)CC(CNC(=O)C1CCCN(C(=O)C(C)(C)C)C1)C(=O)O. The number of nitrogens with one attached hydrogen (secondary N) is 1. The third kappa shape index (κ3) is 6.13. The van der Waals surface area contributed by atoms with Crippen molar-refractivity contribution in [2.45, 2.75) is 53.9 Å². The Kier molecular flexibility index (Phi) is 7.24. The normalized spacial score (nSPS) is 19.9. The number of aliphatic carboxylic acids is 1. The summed E-state index contributed by atoms with van der Waals surface area (Å²) in [4.78, 5) is 37.8. The summed E-state index contributed by atoms with van der Waals surface area (Å²) in [5.74, 6) is -1.52. The average Bonchev–Trinajstić information content (AvgIpc) is 2.48. The lowest BCUT2D eigenvalue weighted by Gasteiger charge is -2.36. The van der Waals surface area contributed by atoms with Gasteiger partial charge in [-0.05, 0) is 25.2 Å². The number of amides is 2. The number of piperidine rings is 1. The zero-order chi connectivity index (χ0) is 18.5. The van der Waals surface area contributed by atoms with Crippen molar-refractivity contribution in [2.75, 3.05) is 19.6 Å². The zero-order valence-corrected chi connectivity index (χ0v) is 15.6. The van der Waals surface area contributed by atoms with E-state index in [1.807, 2.05) is 34.6 Å². The molecule has 1 heterocycles. The molecule has 0 aromatic rings. The highest BCUT2D eigenvalue weighted by atomic mass is 16.4. The Labute approximate surface area is 145 Å². The summed E-state index contributed by atoms with van der Waals surface area (Å²) in [7, 11) is 0. The summed E-state index contributed by atoms with van der Waals surface area (Å²) >= 11 is 0. The van der Waals surface area contributed by atoms with Gasteiger partial charge in [0, 0.05) is 25.0 Å². The van der Waals surface area contributed by atoms with E-state index >= 15 is 0 Å². The minimum atomic E-state index is -0.878. The van der Waals surface area contributed by atoms with Crippen LogP contribution in [0.2, 0.25) is 0 Å². The summed E-state index contributed by atoms with van der Waals surface area (Å²) < 4.78 is 0. The minimum Gasteiger partial charge on any atom is -0.481 e. The van der Waals surface area contributed by atoms with Crippen molar-refractivity contribution >= 4 is 17.8 Å². The molecule has 0 radical (unpaired) electrons. The molecule has 2 unspecified atom stereocenters. The van der Waals surface area contributed by atoms with E-state index < -0.39 is 17.3 Å². The van der Waals surface area contributed by atoms with Crippen molar-refractivity contribution in [1.29, 1.82) is 0 Å². The molecule has 2 N–H and O–H groups in total. The molecule has 0 aromatic heterocycles. The van der Waals surface area contributed by atoms with Gasteiger partial charge in [-0.2, -0.15) is 0 Å². The lowest BCUT2D eigenvalue weighted by molar-refractivity contribution is -0.142. The Hall–Kier alpha value is -1.59. The topological polar surface area (TPSA) is 86.7 Å². The molecule has 0 spiro atoms. The fourth-order valence-electron chi connectivity index (χ4n) is 3.06. The van der Waals surface area contributed by atoms with Gasteiger partial charge in [-0.1, -0.05) is 34.6 Å². The van der Waals surface area contributed by atoms with Crippen LogP contribution >= 0.6 is 0 Å². The summed E-state index contributed by atoms with van der Waals surface area (Å²) in [6.45, 7) is 10.8. The quantitative estimate of drug-likeness (QED) is 0.775. The molecule has 0 aromatic carbocycles. The van der Waals surface area contributed by atoms with Gasteiger partial charge in [0.2, 0.25) is 11.8 Å². The number of carboxylic acids is 1. The Balaban J connectivity index is 2.58. The van der Waals surface area contributed by atoms with Gasteiger partial charge in [-0.15, -0.1) is 0 Å². The highest BCUT2D eigenvalue weighted by molar-refractivity contribution is 5.84. The maximum Gasteiger partial charge on any atom is 0.308 e. The van der Waals surface area contributed by atoms with E-state index in [-0.39, 0.29) is 30.2 Å². The van der Waals surface area contributed by atoms with E-state index in [0.29, 0.717) is 19.5 Å². The second kappa shape index (κ2) is 8.49. The number of hydrogen-bond acceptors (Lipinski definition) is 3. The molecule has 6 nitrogen and oxygen atoms in total. The minimum absolute atomic E-state index is 0.0585. The number of carbonyl (C=O) groups excluding carboxylic acids is 2. The number of likely N-dealkylation sites (tertiary alicyclic amines) is 1. The summed E-state index contributed by atoms with van der Waals surface area (Å²) in [6, 6.07) is 0. The predicted octanol–water partition coefficient (Wildman–Crippen LogP) is 2.13. The van der Waals surface area contributed by atoms with Crippen LogP contribution in [-0.4, -0.2) is 47.4 Å². The second-order valence-electron chi connectivity index (χ2n) is 8.25. The number of hydrogen-bond donors (Lipinski definition) is 2. The van der Waals surface area contributed by atoms with Crippen LogP contribution < -0.4 is 5.32 Å². The first-order valence-electron chi connectivity index (χ1n) is 8.82. The molecular formula is C18H32N2O4. The molecule has 1 rings (SSSR count). The van der Waals surface area contributed by atoms with Gasteiger partial charge >= 0.3 is 5.97 Å². The molecule has 6 heteroatoms. The van der Waals surface area contributed by atoms with Crippen LogP contribution in [-0.2, 0) is 14.4 Å². The van der Waals surface area contributed by atoms with E-state index in [2.05, 4.69) is 5.32 Å². The van der Waals surface area contributed by atoms with Gasteiger partial charge in [0.15, 0.2) is 0 Å². The van der Waals surface area contributed by atoms with E-state index in [0.717, 1.165) is 12.8 Å². The molecule has 0 aliphatic carbocycles. The molecular weight excluding hydrogens is 308 g/mol. The molecule has 1 aliphatic heterocycles. The summed E-state index contributed by atoms with van der Waals surface area (Å²) in [5, 5.41) is 12.0. The van der Waals surface area contributed by atoms with Crippen LogP contribution in [0.15, 0.2) is 0 Å². The standard InChI is InChI=1S/C18H32N2O4/c1-12(2)9-14(16(22)23)10-19-15(21)13-7-6-8-20(11-13)17(24)18(3,4)5/h12-14H,6-11H2,1-5H3,(H,19,21)(H,22,23). The predicted molar refractivity (Wildman–Crippen MR) is 92.3 cm³/mol. The molecule has 24 heavy (non-hydrogen) atoms. The third-order valence-electron chi connectivity index (χ3n) is 4.35. The van der Waals surface area contributed by atoms with E-state index in [4.69, 9.17) is 0 Å². The van der Waals surface area contributed by atoms with E-state index in [1.54, 1.807) is 4.90 Å². The average molecular weight is 340 g/mol. The number of rotatable bonds is 6. The molecule has 2 amide bonds. The van der Waals surface area contributed by atoms with Crippen LogP contribution in [0.1, 0.15) is 53.9 Å². The number of nitrogens with zero attached hydrogens (tertiary/aromatic N) is 1. The molecule has 1 saturated heterocycles. The van der Waals surface area contributed by atoms with Crippen molar-refractivity contribution in [2.24, 2.45) is 23.2 Å². The highest BCUT2D eigenvalue weighted by Gasteiger charge is 2.33. The highest BCUT2D eigenvalue weighted by Crippen LogP contribution is 2.23. The first-order valence-corrected chi connectivity index (χ1v) is 8.82. The van der Waals surface area contributed by atoms with Gasteiger partial charge in [-0.3, -0.25) is 14.4 Å². The fourth-order valence-corrected chi connectivity index (χ4v) is 3.06. The molecule has 138 valence electrons. The smallest absolute Gasteiger partial charge is 0.308 e. The van der Waals surface area contributed by atoms with E-state index in [9.17, 15) is 19.5 Å². The van der Waals surface area contributed by atoms with Gasteiger partial charge in [-0.25, -0.2) is 0 Å². The Morgan fingerprint density at radius 3 is 2.38 bits per heavy atom. The Morgan fingerprint density at radius 1 is 1.25 bits per heavy atom. The summed E-state index contributed by atoms with van der Waals surface area (Å²) in [6.07, 6.45) is 2.07. The van der Waals surface area contributed by atoms with Gasteiger partial charge in [0.1, 0.15) is 0 Å². The van der Waals surface area contributed by atoms with E-state index in [1.165, 1.54) is 0 Å². The van der Waals surface area contributed by atoms with Crippen LogP contribution in [0.3, 0.4) is 0 Å². The van der Waals surface area contributed by atoms with Crippen LogP contribution in [0.25, 0.3) is 0 Å². The van der Waals surface area contributed by atoms with Crippen molar-refractivity contribution in [3.05, 3.63) is 0 Å². The van der Waals surface area contributed by atoms with Crippen molar-refractivity contribution < 1.29 is 19.5 Å². The molecule has 0 saturated carbocycles. The maximum absolute atomic E-state index is 12.4. The third-order valence-corrected chi connectivity index (χ3v) is 4.35. The van der Waals surface area contributed by atoms with Crippen LogP contribution in [0.4, 0.5) is 0 Å². The van der Waals surface area contributed by atoms with Crippen LogP contribution in [0.5, 0.6) is 0 Å². The van der Waals surface area contributed by atoms with Crippen molar-refractivity contribution in [3.63, 3.8) is 0 Å². The van der Waals surface area contributed by atoms with Gasteiger partial charge < -0.3 is 15.3 Å². The fraction of sp³-hybridized carbons (Fsp3) is 0.833. The lowest BCUT2D eigenvalue weighted by atomic mass is 9.90. The Morgan fingerprint density at radius 2 is 1.88 bits per heavy atom. The molecule has 2 atom stereocenters. The van der Waals surface area contributed by atoms with Gasteiger partial charge in [0.25, 0.3) is 0 Å². The Bertz CT molecular complexity index is 468. The number of carboxylic acid groups (broad SMARTS) is 1. The van der Waals surface area contributed by atoms with Gasteiger partial charge in [0.05, 0.1) is 11.8 Å². The zero-order valence-electron chi connectivity index (χ0n) is 15.6. The molecule has 1 aliphatic rings. The first-order chi connectivity index (χ1) is 11.0. The first kappa shape index (κ1) is 20.5. The van der Waals surface area contributed by atoms with Crippen molar-refractivity contribution in [3.8, 4) is 0 Å². The van der Waals surface area contributed by atoms with Crippen LogP contribution in [0, 0.1) is 23.2 Å². The summed E-state index contributed by atoms with van der Waals surface area (Å²) in [5.41, 5.74) is -0.454. The molecule has 1 fully saturated rings. The van der Waals surface area contributed by atoms with Crippen molar-refractivity contribution in [1.82, 2.24) is 10.2 Å². The maximum atomic E-state index is 12.4.